The molecule has 1 saturated carbocycles. The molecule has 0 spiro atoms. The Morgan fingerprint density at radius 1 is 1.18 bits per heavy atom. The molecule has 1 aliphatic carbocycles. The number of carbonyl (C=O) groups is 1. The van der Waals surface area contributed by atoms with E-state index in [4.69, 9.17) is 4.74 Å². The SMILES string of the molecule is Cc1cccc(Oc2nc3c(C)cccn3c(=O)c2C=C(C#N)C(=O)NC2CCCC2)c1C. The Morgan fingerprint density at radius 2 is 1.91 bits per heavy atom. The van der Waals surface area contributed by atoms with E-state index in [1.807, 2.05) is 45.0 Å². The number of benzene rings is 1. The van der Waals surface area contributed by atoms with Gasteiger partial charge in [0.05, 0.1) is 0 Å². The topological polar surface area (TPSA) is 96.5 Å². The van der Waals surface area contributed by atoms with Crippen molar-refractivity contribution >= 4 is 17.6 Å². The first-order valence-electron chi connectivity index (χ1n) is 11.1. The van der Waals surface area contributed by atoms with Crippen molar-refractivity contribution in [2.75, 3.05) is 0 Å². The van der Waals surface area contributed by atoms with Gasteiger partial charge in [0.15, 0.2) is 0 Å². The van der Waals surface area contributed by atoms with E-state index < -0.39 is 11.5 Å². The lowest BCUT2D eigenvalue weighted by molar-refractivity contribution is -0.117. The molecule has 0 radical (unpaired) electrons. The number of ether oxygens (including phenoxy) is 1. The van der Waals surface area contributed by atoms with E-state index in [1.54, 1.807) is 18.3 Å². The Labute approximate surface area is 192 Å². The summed E-state index contributed by atoms with van der Waals surface area (Å²) in [4.78, 5) is 30.8. The van der Waals surface area contributed by atoms with Crippen LogP contribution in [-0.4, -0.2) is 21.3 Å². The molecule has 33 heavy (non-hydrogen) atoms. The van der Waals surface area contributed by atoms with Crippen LogP contribution >= 0.6 is 0 Å². The summed E-state index contributed by atoms with van der Waals surface area (Å²) in [6.07, 6.45) is 6.80. The second kappa shape index (κ2) is 9.29. The summed E-state index contributed by atoms with van der Waals surface area (Å²) in [5.74, 6) is 0.128. The van der Waals surface area contributed by atoms with Gasteiger partial charge in [0.1, 0.15) is 28.6 Å². The van der Waals surface area contributed by atoms with Gasteiger partial charge in [-0.2, -0.15) is 10.2 Å². The minimum absolute atomic E-state index is 0.0529. The molecular weight excluding hydrogens is 416 g/mol. The number of carbonyl (C=O) groups excluding carboxylic acids is 1. The third-order valence-corrected chi connectivity index (χ3v) is 6.16. The van der Waals surface area contributed by atoms with Crippen LogP contribution in [0.3, 0.4) is 0 Å². The number of nitrogens with one attached hydrogen (secondary N) is 1. The molecule has 1 amide bonds. The number of hydrogen-bond donors (Lipinski definition) is 1. The number of rotatable bonds is 5. The van der Waals surface area contributed by atoms with Crippen molar-refractivity contribution in [3.63, 3.8) is 0 Å². The average Bonchev–Trinajstić information content (AvgIpc) is 3.30. The van der Waals surface area contributed by atoms with E-state index in [2.05, 4.69) is 10.3 Å². The van der Waals surface area contributed by atoms with Crippen molar-refractivity contribution in [3.8, 4) is 17.7 Å². The van der Waals surface area contributed by atoms with E-state index in [0.29, 0.717) is 11.4 Å². The van der Waals surface area contributed by atoms with Gasteiger partial charge in [-0.25, -0.2) is 0 Å². The molecule has 0 bridgehead atoms. The van der Waals surface area contributed by atoms with Gasteiger partial charge in [-0.05, 0) is 68.5 Å². The van der Waals surface area contributed by atoms with Crippen LogP contribution < -0.4 is 15.6 Å². The fourth-order valence-electron chi connectivity index (χ4n) is 4.06. The van der Waals surface area contributed by atoms with Crippen LogP contribution in [0, 0.1) is 32.1 Å². The Morgan fingerprint density at radius 3 is 2.64 bits per heavy atom. The minimum Gasteiger partial charge on any atom is -0.438 e. The summed E-state index contributed by atoms with van der Waals surface area (Å²) >= 11 is 0. The van der Waals surface area contributed by atoms with Crippen molar-refractivity contribution in [1.82, 2.24) is 14.7 Å². The zero-order valence-electron chi connectivity index (χ0n) is 19.0. The van der Waals surface area contributed by atoms with Crippen LogP contribution in [0.1, 0.15) is 47.9 Å². The van der Waals surface area contributed by atoms with E-state index >= 15 is 0 Å². The van der Waals surface area contributed by atoms with Crippen LogP contribution in [0.4, 0.5) is 0 Å². The molecule has 0 saturated heterocycles. The number of nitriles is 1. The predicted octanol–water partition coefficient (Wildman–Crippen LogP) is 4.38. The lowest BCUT2D eigenvalue weighted by atomic mass is 10.1. The highest BCUT2D eigenvalue weighted by atomic mass is 16.5. The van der Waals surface area contributed by atoms with Gasteiger partial charge in [-0.3, -0.25) is 14.0 Å². The maximum Gasteiger partial charge on any atom is 0.269 e. The molecule has 1 fully saturated rings. The fourth-order valence-corrected chi connectivity index (χ4v) is 4.06. The molecule has 2 heterocycles. The molecule has 168 valence electrons. The third-order valence-electron chi connectivity index (χ3n) is 6.16. The highest BCUT2D eigenvalue weighted by molar-refractivity contribution is 6.02. The second-order valence-corrected chi connectivity index (χ2v) is 8.45. The third kappa shape index (κ3) is 4.51. The van der Waals surface area contributed by atoms with Gasteiger partial charge in [0.25, 0.3) is 11.5 Å². The molecular formula is C26H26N4O3. The molecule has 0 aliphatic heterocycles. The number of hydrogen-bond acceptors (Lipinski definition) is 5. The van der Waals surface area contributed by atoms with Gasteiger partial charge >= 0.3 is 0 Å². The molecule has 4 rings (SSSR count). The fraction of sp³-hybridized carbons (Fsp3) is 0.308. The Balaban J connectivity index is 1.85. The number of aryl methyl sites for hydroxylation is 2. The number of pyridine rings is 1. The van der Waals surface area contributed by atoms with Crippen molar-refractivity contribution in [1.29, 1.82) is 5.26 Å². The molecule has 1 N–H and O–H groups in total. The first-order valence-corrected chi connectivity index (χ1v) is 11.1. The molecule has 0 unspecified atom stereocenters. The van der Waals surface area contributed by atoms with E-state index in [0.717, 1.165) is 42.4 Å². The van der Waals surface area contributed by atoms with Gasteiger partial charge in [0.2, 0.25) is 5.88 Å². The van der Waals surface area contributed by atoms with E-state index in [1.165, 1.54) is 10.5 Å². The molecule has 3 aromatic rings. The molecule has 1 aromatic carbocycles. The molecule has 1 aliphatic rings. The first kappa shape index (κ1) is 22.3. The van der Waals surface area contributed by atoms with Crippen molar-refractivity contribution in [2.24, 2.45) is 0 Å². The number of amides is 1. The standard InChI is InChI=1S/C26H26N4O3/c1-16-8-6-12-22(18(16)3)33-25-21(26(32)30-13-7-9-17(2)23(30)29-25)14-19(15-27)24(31)28-20-10-4-5-11-20/h6-9,12-14,20H,4-5,10-11H2,1-3H3,(H,28,31). The molecule has 0 atom stereocenters. The highest BCUT2D eigenvalue weighted by Crippen LogP contribution is 2.29. The van der Waals surface area contributed by atoms with E-state index in [9.17, 15) is 14.9 Å². The largest absolute Gasteiger partial charge is 0.438 e. The van der Waals surface area contributed by atoms with Crippen LogP contribution in [0.25, 0.3) is 11.7 Å². The summed E-state index contributed by atoms with van der Waals surface area (Å²) in [5, 5.41) is 12.6. The van der Waals surface area contributed by atoms with Crippen LogP contribution in [0.15, 0.2) is 46.9 Å². The molecule has 7 heteroatoms. The molecule has 7 nitrogen and oxygen atoms in total. The maximum atomic E-state index is 13.4. The lowest BCUT2D eigenvalue weighted by Gasteiger charge is -2.14. The highest BCUT2D eigenvalue weighted by Gasteiger charge is 2.22. The number of aromatic nitrogens is 2. The summed E-state index contributed by atoms with van der Waals surface area (Å²) in [6, 6.07) is 11.2. The lowest BCUT2D eigenvalue weighted by Crippen LogP contribution is -2.33. The zero-order chi connectivity index (χ0) is 23.5. The van der Waals surface area contributed by atoms with Gasteiger partial charge in [0, 0.05) is 12.2 Å². The quantitative estimate of drug-likeness (QED) is 0.467. The van der Waals surface area contributed by atoms with Gasteiger partial charge in [-0.1, -0.05) is 31.0 Å². The summed E-state index contributed by atoms with van der Waals surface area (Å²) in [7, 11) is 0. The van der Waals surface area contributed by atoms with Crippen molar-refractivity contribution in [2.45, 2.75) is 52.5 Å². The van der Waals surface area contributed by atoms with E-state index in [-0.39, 0.29) is 23.1 Å². The maximum absolute atomic E-state index is 13.4. The number of fused-ring (bicyclic) bond motifs is 1. The smallest absolute Gasteiger partial charge is 0.269 e. The summed E-state index contributed by atoms with van der Waals surface area (Å²) < 4.78 is 7.52. The second-order valence-electron chi connectivity index (χ2n) is 8.45. The monoisotopic (exact) mass is 442 g/mol. The zero-order valence-corrected chi connectivity index (χ0v) is 19.0. The summed E-state index contributed by atoms with van der Waals surface area (Å²) in [5.41, 5.74) is 2.69. The Bertz CT molecular complexity index is 1360. The van der Waals surface area contributed by atoms with Crippen LogP contribution in [-0.2, 0) is 4.79 Å². The van der Waals surface area contributed by atoms with Crippen molar-refractivity contribution < 1.29 is 9.53 Å². The Hall–Kier alpha value is -3.92. The van der Waals surface area contributed by atoms with Crippen molar-refractivity contribution in [3.05, 3.63) is 74.7 Å². The van der Waals surface area contributed by atoms with Gasteiger partial charge < -0.3 is 10.1 Å². The summed E-state index contributed by atoms with van der Waals surface area (Å²) in [6.45, 7) is 5.75. The minimum atomic E-state index is -0.490. The van der Waals surface area contributed by atoms with Gasteiger partial charge in [-0.15, -0.1) is 0 Å². The molecule has 2 aromatic heterocycles. The van der Waals surface area contributed by atoms with Crippen LogP contribution in [0.5, 0.6) is 11.6 Å². The predicted molar refractivity (Wildman–Crippen MR) is 126 cm³/mol. The Kier molecular flexibility index (Phi) is 6.27. The number of nitrogens with zero attached hydrogens (tertiary/aromatic N) is 3. The normalized spacial score (nSPS) is 14.3. The average molecular weight is 443 g/mol. The first-order chi connectivity index (χ1) is 15.9. The van der Waals surface area contributed by atoms with Crippen LogP contribution in [0.2, 0.25) is 0 Å².